The van der Waals surface area contributed by atoms with Crippen LogP contribution in [0.5, 0.6) is 0 Å². The molecule has 90 valence electrons. The van der Waals surface area contributed by atoms with Crippen LogP contribution in [-0.2, 0) is 5.75 Å². The van der Waals surface area contributed by atoms with Crippen LogP contribution in [0.3, 0.4) is 0 Å². The molecule has 0 aliphatic rings. The molecule has 0 saturated heterocycles. The van der Waals surface area contributed by atoms with Gasteiger partial charge in [-0.05, 0) is 17.7 Å². The summed E-state index contributed by atoms with van der Waals surface area (Å²) in [4.78, 5) is 0.793. The number of rotatable bonds is 3. The fourth-order valence-corrected chi connectivity index (χ4v) is 2.68. The van der Waals surface area contributed by atoms with Gasteiger partial charge in [0.1, 0.15) is 6.07 Å². The van der Waals surface area contributed by atoms with Gasteiger partial charge in [0.2, 0.25) is 0 Å². The van der Waals surface area contributed by atoms with Crippen molar-refractivity contribution in [1.29, 1.82) is 5.26 Å². The molecule has 0 atom stereocenters. The van der Waals surface area contributed by atoms with E-state index in [4.69, 9.17) is 16.9 Å². The maximum absolute atomic E-state index is 13.4. The second-order valence-electron chi connectivity index (χ2n) is 3.65. The fraction of sp³-hybridized carbons (Fsp3) is 0.0714. The zero-order valence-corrected chi connectivity index (χ0v) is 10.9. The average molecular weight is 278 g/mol. The molecule has 2 aromatic carbocycles. The third-order valence-corrected chi connectivity index (χ3v) is 3.69. The highest BCUT2D eigenvalue weighted by Crippen LogP contribution is 2.29. The van der Waals surface area contributed by atoms with Crippen LogP contribution in [0.15, 0.2) is 47.4 Å². The monoisotopic (exact) mass is 277 g/mol. The molecule has 4 heteroatoms. The van der Waals surface area contributed by atoms with E-state index >= 15 is 0 Å². The van der Waals surface area contributed by atoms with Crippen LogP contribution in [0.4, 0.5) is 4.39 Å². The molecular weight excluding hydrogens is 269 g/mol. The molecule has 0 unspecified atom stereocenters. The number of nitrogens with zero attached hydrogens (tertiary/aromatic N) is 1. The van der Waals surface area contributed by atoms with Gasteiger partial charge >= 0.3 is 0 Å². The molecule has 0 amide bonds. The Bertz CT molecular complexity index is 593. The van der Waals surface area contributed by atoms with Gasteiger partial charge in [0.25, 0.3) is 0 Å². The van der Waals surface area contributed by atoms with E-state index in [1.807, 2.05) is 30.3 Å². The number of hydrogen-bond acceptors (Lipinski definition) is 2. The van der Waals surface area contributed by atoms with E-state index in [1.165, 1.54) is 23.4 Å². The van der Waals surface area contributed by atoms with Crippen molar-refractivity contribution in [2.75, 3.05) is 0 Å². The Morgan fingerprint density at radius 1 is 1.22 bits per heavy atom. The second kappa shape index (κ2) is 5.90. The summed E-state index contributed by atoms with van der Waals surface area (Å²) in [5.74, 6) is 0.108. The largest absolute Gasteiger partial charge is 0.204 e. The summed E-state index contributed by atoms with van der Waals surface area (Å²) in [6.45, 7) is 0. The van der Waals surface area contributed by atoms with E-state index in [0.717, 1.165) is 10.6 Å². The standard InChI is InChI=1S/C14H9ClFNS/c15-13-7-12(6-11(8-17)14(13)16)18-9-10-4-2-1-3-5-10/h1-7H,9H2. The zero-order valence-electron chi connectivity index (χ0n) is 9.36. The predicted octanol–water partition coefficient (Wildman–Crippen LogP) is 4.64. The van der Waals surface area contributed by atoms with Gasteiger partial charge in [-0.25, -0.2) is 4.39 Å². The Morgan fingerprint density at radius 3 is 2.61 bits per heavy atom. The summed E-state index contributed by atoms with van der Waals surface area (Å²) in [5.41, 5.74) is 1.15. The SMILES string of the molecule is N#Cc1cc(SCc2ccccc2)cc(Cl)c1F. The Balaban J connectivity index is 2.16. The van der Waals surface area contributed by atoms with Crippen LogP contribution in [0.1, 0.15) is 11.1 Å². The summed E-state index contributed by atoms with van der Waals surface area (Å²) in [7, 11) is 0. The Kier molecular flexibility index (Phi) is 4.24. The minimum Gasteiger partial charge on any atom is -0.204 e. The summed E-state index contributed by atoms with van der Waals surface area (Å²) in [6, 6.07) is 14.8. The van der Waals surface area contributed by atoms with Gasteiger partial charge in [0.05, 0.1) is 10.6 Å². The first-order valence-corrected chi connectivity index (χ1v) is 6.63. The van der Waals surface area contributed by atoms with Crippen molar-refractivity contribution in [3.63, 3.8) is 0 Å². The second-order valence-corrected chi connectivity index (χ2v) is 5.11. The van der Waals surface area contributed by atoms with Crippen LogP contribution < -0.4 is 0 Å². The van der Waals surface area contributed by atoms with Crippen LogP contribution in [0.2, 0.25) is 5.02 Å². The first kappa shape index (κ1) is 12.9. The number of benzene rings is 2. The molecule has 18 heavy (non-hydrogen) atoms. The number of halogens is 2. The van der Waals surface area contributed by atoms with E-state index in [0.29, 0.717) is 0 Å². The molecule has 0 aliphatic carbocycles. The molecule has 0 bridgehead atoms. The summed E-state index contributed by atoms with van der Waals surface area (Å²) >= 11 is 7.26. The highest BCUT2D eigenvalue weighted by Gasteiger charge is 2.09. The molecule has 0 saturated carbocycles. The van der Waals surface area contributed by atoms with E-state index in [1.54, 1.807) is 12.1 Å². The third-order valence-electron chi connectivity index (χ3n) is 2.37. The average Bonchev–Trinajstić information content (AvgIpc) is 2.41. The minimum absolute atomic E-state index is 0.00962. The van der Waals surface area contributed by atoms with Gasteiger partial charge in [-0.3, -0.25) is 0 Å². The molecule has 2 aromatic rings. The minimum atomic E-state index is -0.650. The number of thioether (sulfide) groups is 1. The van der Waals surface area contributed by atoms with Crippen molar-refractivity contribution < 1.29 is 4.39 Å². The smallest absolute Gasteiger partial charge is 0.159 e. The quantitative estimate of drug-likeness (QED) is 0.763. The third kappa shape index (κ3) is 3.04. The summed E-state index contributed by atoms with van der Waals surface area (Å²) in [5, 5.41) is 8.79. The number of hydrogen-bond donors (Lipinski definition) is 0. The van der Waals surface area contributed by atoms with Crippen molar-refractivity contribution >= 4 is 23.4 Å². The highest BCUT2D eigenvalue weighted by atomic mass is 35.5. The van der Waals surface area contributed by atoms with Crippen LogP contribution in [-0.4, -0.2) is 0 Å². The van der Waals surface area contributed by atoms with Crippen molar-refractivity contribution in [1.82, 2.24) is 0 Å². The lowest BCUT2D eigenvalue weighted by Crippen LogP contribution is -1.87. The van der Waals surface area contributed by atoms with Crippen molar-refractivity contribution in [3.05, 3.63) is 64.4 Å². The Morgan fingerprint density at radius 2 is 1.94 bits per heavy atom. The lowest BCUT2D eigenvalue weighted by Gasteiger charge is -2.04. The molecule has 0 N–H and O–H groups in total. The van der Waals surface area contributed by atoms with Crippen LogP contribution in [0, 0.1) is 17.1 Å². The van der Waals surface area contributed by atoms with Gasteiger partial charge in [-0.2, -0.15) is 5.26 Å². The maximum Gasteiger partial charge on any atom is 0.159 e. The molecule has 2 rings (SSSR count). The first-order valence-electron chi connectivity index (χ1n) is 5.26. The predicted molar refractivity (Wildman–Crippen MR) is 72.1 cm³/mol. The van der Waals surface area contributed by atoms with Gasteiger partial charge in [0.15, 0.2) is 5.82 Å². The molecule has 1 nitrogen and oxygen atoms in total. The molecule has 0 spiro atoms. The summed E-state index contributed by atoms with van der Waals surface area (Å²) in [6.07, 6.45) is 0. The Labute approximate surface area is 114 Å². The van der Waals surface area contributed by atoms with Crippen molar-refractivity contribution in [3.8, 4) is 6.07 Å². The van der Waals surface area contributed by atoms with Crippen molar-refractivity contribution in [2.45, 2.75) is 10.6 Å². The molecule has 0 heterocycles. The van der Waals surface area contributed by atoms with E-state index < -0.39 is 5.82 Å². The lowest BCUT2D eigenvalue weighted by molar-refractivity contribution is 0.623. The first-order chi connectivity index (χ1) is 8.70. The molecule has 0 aliphatic heterocycles. The molecule has 0 fully saturated rings. The Hall–Kier alpha value is -1.50. The highest BCUT2D eigenvalue weighted by molar-refractivity contribution is 7.98. The molecular formula is C14H9ClFNS. The molecule has 0 radical (unpaired) electrons. The topological polar surface area (TPSA) is 23.8 Å². The zero-order chi connectivity index (χ0) is 13.0. The number of nitriles is 1. The van der Waals surface area contributed by atoms with Gasteiger partial charge in [-0.15, -0.1) is 11.8 Å². The fourth-order valence-electron chi connectivity index (χ4n) is 1.47. The van der Waals surface area contributed by atoms with E-state index in [-0.39, 0.29) is 10.6 Å². The van der Waals surface area contributed by atoms with Crippen LogP contribution in [0.25, 0.3) is 0 Å². The summed E-state index contributed by atoms with van der Waals surface area (Å²) < 4.78 is 13.4. The lowest BCUT2D eigenvalue weighted by atomic mass is 10.2. The van der Waals surface area contributed by atoms with Crippen molar-refractivity contribution in [2.24, 2.45) is 0 Å². The van der Waals surface area contributed by atoms with E-state index in [9.17, 15) is 4.39 Å². The van der Waals surface area contributed by atoms with Crippen LogP contribution >= 0.6 is 23.4 Å². The van der Waals surface area contributed by atoms with E-state index in [2.05, 4.69) is 0 Å². The molecule has 0 aromatic heterocycles. The van der Waals surface area contributed by atoms with Gasteiger partial charge in [0, 0.05) is 10.6 Å². The maximum atomic E-state index is 13.4. The van der Waals surface area contributed by atoms with Gasteiger partial charge < -0.3 is 0 Å². The normalized spacial score (nSPS) is 10.1. The van der Waals surface area contributed by atoms with Gasteiger partial charge in [-0.1, -0.05) is 41.9 Å².